The molecule has 2 aromatic carbocycles. The number of para-hydroxylation sites is 1. The Kier molecular flexibility index (Phi) is 6.79. The zero-order valence-electron chi connectivity index (χ0n) is 18.5. The van der Waals surface area contributed by atoms with Gasteiger partial charge in [0.2, 0.25) is 15.9 Å². The molecule has 8 heteroatoms. The van der Waals surface area contributed by atoms with Crippen LogP contribution in [0.3, 0.4) is 0 Å². The number of fused-ring (bicyclic) bond motifs is 1. The van der Waals surface area contributed by atoms with E-state index in [9.17, 15) is 13.2 Å². The number of benzene rings is 2. The van der Waals surface area contributed by atoms with Crippen LogP contribution in [0.1, 0.15) is 44.6 Å². The Morgan fingerprint density at radius 3 is 2.56 bits per heavy atom. The van der Waals surface area contributed by atoms with Crippen LogP contribution < -0.4 is 9.64 Å². The van der Waals surface area contributed by atoms with Crippen molar-refractivity contribution in [2.24, 2.45) is 0 Å². The van der Waals surface area contributed by atoms with E-state index < -0.39 is 10.0 Å². The number of carbonyl (C=O) groups excluding carboxylic acids is 1. The number of anilines is 1. The fourth-order valence-corrected chi connectivity index (χ4v) is 6.86. The van der Waals surface area contributed by atoms with Crippen LogP contribution in [0.5, 0.6) is 5.75 Å². The van der Waals surface area contributed by atoms with E-state index in [1.165, 1.54) is 23.5 Å². The summed E-state index contributed by atoms with van der Waals surface area (Å²) in [6, 6.07) is 12.1. The molecule has 172 valence electrons. The SMILES string of the molecule is COc1ccc(S(=O)(=O)N(CC(=O)N2c3ccccc3C[C@H]2C)C2CCCCC2)cc1Cl. The lowest BCUT2D eigenvalue weighted by atomic mass is 9.95. The minimum atomic E-state index is -3.92. The quantitative estimate of drug-likeness (QED) is 0.608. The lowest BCUT2D eigenvalue weighted by Gasteiger charge is -2.34. The second kappa shape index (κ2) is 9.41. The van der Waals surface area contributed by atoms with Gasteiger partial charge in [0.15, 0.2) is 0 Å². The molecule has 0 bridgehead atoms. The third kappa shape index (κ3) is 4.38. The first-order chi connectivity index (χ1) is 15.3. The van der Waals surface area contributed by atoms with Gasteiger partial charge < -0.3 is 9.64 Å². The van der Waals surface area contributed by atoms with Crippen molar-refractivity contribution in [3.8, 4) is 5.75 Å². The van der Waals surface area contributed by atoms with E-state index in [4.69, 9.17) is 16.3 Å². The van der Waals surface area contributed by atoms with Crippen LogP contribution in [-0.4, -0.2) is 44.4 Å². The fraction of sp³-hybridized carbons (Fsp3) is 0.458. The molecule has 4 rings (SSSR count). The normalized spacial score (nSPS) is 19.2. The number of rotatable bonds is 6. The van der Waals surface area contributed by atoms with Crippen molar-refractivity contribution in [1.82, 2.24) is 4.31 Å². The van der Waals surface area contributed by atoms with E-state index in [0.717, 1.165) is 49.8 Å². The van der Waals surface area contributed by atoms with E-state index in [2.05, 4.69) is 0 Å². The van der Waals surface area contributed by atoms with Crippen molar-refractivity contribution in [3.63, 3.8) is 0 Å². The maximum atomic E-state index is 13.7. The predicted octanol–water partition coefficient (Wildman–Crippen LogP) is 4.65. The van der Waals surface area contributed by atoms with Gasteiger partial charge in [0.25, 0.3) is 0 Å². The fourth-order valence-electron chi connectivity index (χ4n) is 4.88. The zero-order valence-corrected chi connectivity index (χ0v) is 20.0. The van der Waals surface area contributed by atoms with Gasteiger partial charge in [-0.15, -0.1) is 0 Å². The number of nitrogens with zero attached hydrogens (tertiary/aromatic N) is 2. The van der Waals surface area contributed by atoms with Crippen LogP contribution in [0.4, 0.5) is 5.69 Å². The van der Waals surface area contributed by atoms with Crippen LogP contribution in [0.15, 0.2) is 47.4 Å². The molecule has 6 nitrogen and oxygen atoms in total. The summed E-state index contributed by atoms with van der Waals surface area (Å²) in [6.07, 6.45) is 5.27. The summed E-state index contributed by atoms with van der Waals surface area (Å²) in [5.41, 5.74) is 1.99. The van der Waals surface area contributed by atoms with E-state index in [1.807, 2.05) is 31.2 Å². The molecule has 0 spiro atoms. The number of hydrogen-bond donors (Lipinski definition) is 0. The summed E-state index contributed by atoms with van der Waals surface area (Å²) in [5.74, 6) is 0.213. The first-order valence-electron chi connectivity index (χ1n) is 11.1. The largest absolute Gasteiger partial charge is 0.495 e. The molecule has 2 aliphatic rings. The number of methoxy groups -OCH3 is 1. The number of amides is 1. The minimum absolute atomic E-state index is 0.00811. The van der Waals surface area contributed by atoms with Gasteiger partial charge in [0.1, 0.15) is 5.75 Å². The van der Waals surface area contributed by atoms with E-state index in [0.29, 0.717) is 5.75 Å². The molecule has 0 N–H and O–H groups in total. The zero-order chi connectivity index (χ0) is 22.9. The molecule has 1 aliphatic heterocycles. The van der Waals surface area contributed by atoms with Crippen LogP contribution in [-0.2, 0) is 21.2 Å². The van der Waals surface area contributed by atoms with Crippen molar-refractivity contribution in [2.45, 2.75) is 62.4 Å². The predicted molar refractivity (Wildman–Crippen MR) is 126 cm³/mol. The lowest BCUT2D eigenvalue weighted by molar-refractivity contribution is -0.119. The second-order valence-electron chi connectivity index (χ2n) is 8.58. The van der Waals surface area contributed by atoms with Crippen molar-refractivity contribution >= 4 is 33.2 Å². The molecule has 1 heterocycles. The molecular weight excluding hydrogens is 448 g/mol. The van der Waals surface area contributed by atoms with Gasteiger partial charge >= 0.3 is 0 Å². The van der Waals surface area contributed by atoms with Gasteiger partial charge in [-0.3, -0.25) is 4.79 Å². The molecule has 1 aliphatic carbocycles. The highest BCUT2D eigenvalue weighted by atomic mass is 35.5. The molecule has 1 fully saturated rings. The van der Waals surface area contributed by atoms with Crippen LogP contribution in [0.2, 0.25) is 5.02 Å². The van der Waals surface area contributed by atoms with Crippen molar-refractivity contribution in [2.75, 3.05) is 18.6 Å². The van der Waals surface area contributed by atoms with Crippen LogP contribution in [0, 0.1) is 0 Å². The van der Waals surface area contributed by atoms with Crippen molar-refractivity contribution in [3.05, 3.63) is 53.1 Å². The third-order valence-corrected chi connectivity index (χ3v) is 8.67. The maximum absolute atomic E-state index is 13.7. The smallest absolute Gasteiger partial charge is 0.243 e. The summed E-state index contributed by atoms with van der Waals surface area (Å²) in [6.45, 7) is 1.82. The highest BCUT2D eigenvalue weighted by Gasteiger charge is 2.38. The minimum Gasteiger partial charge on any atom is -0.495 e. The number of sulfonamides is 1. The maximum Gasteiger partial charge on any atom is 0.243 e. The molecule has 1 atom stereocenters. The van der Waals surface area contributed by atoms with Crippen molar-refractivity contribution < 1.29 is 17.9 Å². The topological polar surface area (TPSA) is 66.9 Å². The molecule has 0 radical (unpaired) electrons. The summed E-state index contributed by atoms with van der Waals surface area (Å²) in [5, 5.41) is 0.227. The summed E-state index contributed by atoms with van der Waals surface area (Å²) >= 11 is 6.23. The Labute approximate surface area is 195 Å². The highest BCUT2D eigenvalue weighted by molar-refractivity contribution is 7.89. The van der Waals surface area contributed by atoms with E-state index in [-0.39, 0.29) is 34.5 Å². The Morgan fingerprint density at radius 1 is 1.16 bits per heavy atom. The summed E-state index contributed by atoms with van der Waals surface area (Å²) < 4.78 is 34.0. The molecule has 1 saturated carbocycles. The van der Waals surface area contributed by atoms with Gasteiger partial charge in [-0.2, -0.15) is 4.31 Å². The number of carbonyl (C=O) groups is 1. The van der Waals surface area contributed by atoms with Gasteiger partial charge in [0.05, 0.1) is 23.6 Å². The average molecular weight is 477 g/mol. The highest BCUT2D eigenvalue weighted by Crippen LogP contribution is 2.34. The monoisotopic (exact) mass is 476 g/mol. The van der Waals surface area contributed by atoms with Crippen LogP contribution >= 0.6 is 11.6 Å². The Morgan fingerprint density at radius 2 is 1.88 bits per heavy atom. The first kappa shape index (κ1) is 23.1. The second-order valence-corrected chi connectivity index (χ2v) is 10.9. The molecular formula is C24H29ClN2O4S. The summed E-state index contributed by atoms with van der Waals surface area (Å²) in [4.78, 5) is 15.3. The van der Waals surface area contributed by atoms with E-state index >= 15 is 0 Å². The molecule has 0 unspecified atom stereocenters. The van der Waals surface area contributed by atoms with Gasteiger partial charge in [-0.05, 0) is 56.0 Å². The number of ether oxygens (including phenoxy) is 1. The third-order valence-electron chi connectivity index (χ3n) is 6.48. The Balaban J connectivity index is 1.67. The molecule has 0 aromatic heterocycles. The lowest BCUT2D eigenvalue weighted by Crippen LogP contribution is -2.49. The van der Waals surface area contributed by atoms with Crippen LogP contribution in [0.25, 0.3) is 0 Å². The van der Waals surface area contributed by atoms with E-state index in [1.54, 1.807) is 11.0 Å². The number of halogens is 1. The van der Waals surface area contributed by atoms with Gasteiger partial charge in [-0.25, -0.2) is 8.42 Å². The van der Waals surface area contributed by atoms with Crippen molar-refractivity contribution in [1.29, 1.82) is 0 Å². The van der Waals surface area contributed by atoms with Gasteiger partial charge in [0, 0.05) is 17.8 Å². The standard InChI is InChI=1S/C24H29ClN2O4S/c1-17-14-18-8-6-7-11-22(18)27(17)24(28)16-26(19-9-4-3-5-10-19)32(29,30)20-12-13-23(31-2)21(25)15-20/h6-8,11-13,15,17,19H,3-5,9-10,14,16H2,1-2H3/t17-/m1/s1. The van der Waals surface area contributed by atoms with Gasteiger partial charge in [-0.1, -0.05) is 49.1 Å². The average Bonchev–Trinajstić information content (AvgIpc) is 3.13. The Hall–Kier alpha value is -2.09. The Bertz CT molecular complexity index is 1100. The molecule has 32 heavy (non-hydrogen) atoms. The first-order valence-corrected chi connectivity index (χ1v) is 12.9. The summed E-state index contributed by atoms with van der Waals surface area (Å²) in [7, 11) is -2.44. The number of hydrogen-bond acceptors (Lipinski definition) is 4. The molecule has 0 saturated heterocycles. The molecule has 2 aromatic rings. The molecule has 1 amide bonds.